The third kappa shape index (κ3) is 4.70. The number of hydrogen-bond acceptors (Lipinski definition) is 3. The molecule has 2 rings (SSSR count). The zero-order valence-corrected chi connectivity index (χ0v) is 11.7. The van der Waals surface area contributed by atoms with Crippen LogP contribution >= 0.6 is 0 Å². The highest BCUT2D eigenvalue weighted by molar-refractivity contribution is 5.40. The molecule has 0 atom stereocenters. The Hall–Kier alpha value is -2.18. The first-order chi connectivity index (χ1) is 9.83. The van der Waals surface area contributed by atoms with Crippen molar-refractivity contribution in [1.82, 2.24) is 9.78 Å². The Balaban J connectivity index is 1.98. The highest BCUT2D eigenvalue weighted by Gasteiger charge is 2.31. The van der Waals surface area contributed by atoms with Crippen molar-refractivity contribution in [2.75, 3.05) is 5.32 Å². The van der Waals surface area contributed by atoms with E-state index in [0.29, 0.717) is 12.1 Å². The second kappa shape index (κ2) is 6.07. The number of ether oxygens (including phenoxy) is 1. The highest BCUT2D eigenvalue weighted by atomic mass is 19.4. The number of alkyl halides is 3. The summed E-state index contributed by atoms with van der Waals surface area (Å²) >= 11 is 0. The number of hydrogen-bond donors (Lipinski definition) is 1. The average molecular weight is 299 g/mol. The third-order valence-electron chi connectivity index (χ3n) is 2.76. The number of nitrogens with one attached hydrogen (secondary N) is 1. The minimum absolute atomic E-state index is 0.223. The maximum Gasteiger partial charge on any atom is 0.573 e. The molecule has 4 nitrogen and oxygen atoms in total. The van der Waals surface area contributed by atoms with E-state index in [1.165, 1.54) is 18.2 Å². The Kier molecular flexibility index (Phi) is 4.40. The van der Waals surface area contributed by atoms with Crippen molar-refractivity contribution in [2.45, 2.75) is 32.8 Å². The van der Waals surface area contributed by atoms with Gasteiger partial charge in [-0.3, -0.25) is 4.68 Å². The molecule has 0 radical (unpaired) electrons. The Morgan fingerprint density at radius 3 is 2.71 bits per heavy atom. The SMILES string of the molecule is CC(C)n1cc(NCc2cccc(OC(F)(F)F)c2)cn1. The van der Waals surface area contributed by atoms with Gasteiger partial charge >= 0.3 is 6.36 Å². The van der Waals surface area contributed by atoms with Crippen LogP contribution in [0.4, 0.5) is 18.9 Å². The molecule has 7 heteroatoms. The van der Waals surface area contributed by atoms with E-state index in [0.717, 1.165) is 5.69 Å². The fraction of sp³-hybridized carbons (Fsp3) is 0.357. The summed E-state index contributed by atoms with van der Waals surface area (Å²) in [5.41, 5.74) is 1.50. The Morgan fingerprint density at radius 1 is 1.33 bits per heavy atom. The van der Waals surface area contributed by atoms with Crippen molar-refractivity contribution in [3.63, 3.8) is 0 Å². The van der Waals surface area contributed by atoms with Gasteiger partial charge in [0.15, 0.2) is 0 Å². The molecule has 0 bridgehead atoms. The van der Waals surface area contributed by atoms with Gasteiger partial charge in [0.2, 0.25) is 0 Å². The monoisotopic (exact) mass is 299 g/mol. The molecular weight excluding hydrogens is 283 g/mol. The lowest BCUT2D eigenvalue weighted by atomic mass is 10.2. The molecule has 0 amide bonds. The number of nitrogens with zero attached hydrogens (tertiary/aromatic N) is 2. The van der Waals surface area contributed by atoms with Gasteiger partial charge in [-0.1, -0.05) is 12.1 Å². The van der Waals surface area contributed by atoms with E-state index in [2.05, 4.69) is 15.2 Å². The first-order valence-electron chi connectivity index (χ1n) is 6.46. The summed E-state index contributed by atoms with van der Waals surface area (Å²) in [5.74, 6) is -0.223. The molecule has 0 aliphatic heterocycles. The Bertz CT molecular complexity index is 593. The Labute approximate surface area is 120 Å². The predicted molar refractivity (Wildman–Crippen MR) is 73.1 cm³/mol. The zero-order chi connectivity index (χ0) is 15.5. The summed E-state index contributed by atoms with van der Waals surface area (Å²) in [5, 5.41) is 7.28. The van der Waals surface area contributed by atoms with Crippen molar-refractivity contribution in [3.8, 4) is 5.75 Å². The third-order valence-corrected chi connectivity index (χ3v) is 2.76. The molecule has 1 N–H and O–H groups in total. The van der Waals surface area contributed by atoms with Crippen LogP contribution in [0.15, 0.2) is 36.7 Å². The summed E-state index contributed by atoms with van der Waals surface area (Å²) in [6, 6.07) is 6.13. The maximum absolute atomic E-state index is 12.2. The molecule has 1 aromatic carbocycles. The van der Waals surface area contributed by atoms with Crippen molar-refractivity contribution in [2.24, 2.45) is 0 Å². The lowest BCUT2D eigenvalue weighted by Gasteiger charge is -2.10. The van der Waals surface area contributed by atoms with Crippen molar-refractivity contribution in [1.29, 1.82) is 0 Å². The fourth-order valence-electron chi connectivity index (χ4n) is 1.77. The summed E-state index contributed by atoms with van der Waals surface area (Å²) in [6.45, 7) is 4.41. The van der Waals surface area contributed by atoms with Crippen LogP contribution in [0.2, 0.25) is 0 Å². The van der Waals surface area contributed by atoms with Gasteiger partial charge in [0.1, 0.15) is 5.75 Å². The number of benzene rings is 1. The quantitative estimate of drug-likeness (QED) is 0.908. The molecule has 21 heavy (non-hydrogen) atoms. The minimum Gasteiger partial charge on any atom is -0.406 e. The van der Waals surface area contributed by atoms with Gasteiger partial charge in [-0.15, -0.1) is 13.2 Å². The Morgan fingerprint density at radius 2 is 2.10 bits per heavy atom. The molecule has 0 aliphatic rings. The number of halogens is 3. The van der Waals surface area contributed by atoms with Gasteiger partial charge in [-0.25, -0.2) is 0 Å². The first kappa shape index (κ1) is 15.2. The molecular formula is C14H16F3N3O. The standard InChI is InChI=1S/C14H16F3N3O/c1-10(2)20-9-12(8-19-20)18-7-11-4-3-5-13(6-11)21-14(15,16)17/h3-6,8-10,18H,7H2,1-2H3. The van der Waals surface area contributed by atoms with Crippen LogP contribution in [0.3, 0.4) is 0 Å². The van der Waals surface area contributed by atoms with Crippen molar-refractivity contribution >= 4 is 5.69 Å². The van der Waals surface area contributed by atoms with E-state index in [4.69, 9.17) is 0 Å². The van der Waals surface area contributed by atoms with E-state index in [1.54, 1.807) is 16.9 Å². The van der Waals surface area contributed by atoms with Crippen LogP contribution in [-0.2, 0) is 6.54 Å². The smallest absolute Gasteiger partial charge is 0.406 e. The molecule has 0 saturated heterocycles. The second-order valence-corrected chi connectivity index (χ2v) is 4.85. The van der Waals surface area contributed by atoms with Crippen LogP contribution < -0.4 is 10.1 Å². The largest absolute Gasteiger partial charge is 0.573 e. The van der Waals surface area contributed by atoms with E-state index >= 15 is 0 Å². The van der Waals surface area contributed by atoms with Crippen LogP contribution in [0.1, 0.15) is 25.5 Å². The zero-order valence-electron chi connectivity index (χ0n) is 11.7. The lowest BCUT2D eigenvalue weighted by molar-refractivity contribution is -0.274. The van der Waals surface area contributed by atoms with Gasteiger partial charge in [0.25, 0.3) is 0 Å². The van der Waals surface area contributed by atoms with Crippen LogP contribution in [0, 0.1) is 0 Å². The van der Waals surface area contributed by atoms with Gasteiger partial charge in [-0.05, 0) is 31.5 Å². The van der Waals surface area contributed by atoms with Gasteiger partial charge in [-0.2, -0.15) is 5.10 Å². The number of anilines is 1. The average Bonchev–Trinajstić information content (AvgIpc) is 2.83. The van der Waals surface area contributed by atoms with E-state index in [-0.39, 0.29) is 11.8 Å². The molecule has 0 spiro atoms. The normalized spacial score (nSPS) is 11.7. The van der Waals surface area contributed by atoms with Crippen LogP contribution in [0.5, 0.6) is 5.75 Å². The van der Waals surface area contributed by atoms with E-state index < -0.39 is 6.36 Å². The molecule has 2 aromatic rings. The summed E-state index contributed by atoms with van der Waals surface area (Å²) in [7, 11) is 0. The van der Waals surface area contributed by atoms with Gasteiger partial charge in [0, 0.05) is 18.8 Å². The molecule has 1 aromatic heterocycles. The second-order valence-electron chi connectivity index (χ2n) is 4.85. The molecule has 0 aliphatic carbocycles. The molecule has 0 fully saturated rings. The summed E-state index contributed by atoms with van der Waals surface area (Å²) < 4.78 is 42.1. The summed E-state index contributed by atoms with van der Waals surface area (Å²) in [4.78, 5) is 0. The molecule has 114 valence electrons. The molecule has 0 unspecified atom stereocenters. The van der Waals surface area contributed by atoms with Crippen LogP contribution in [0.25, 0.3) is 0 Å². The maximum atomic E-state index is 12.2. The molecule has 0 saturated carbocycles. The van der Waals surface area contributed by atoms with Gasteiger partial charge in [0.05, 0.1) is 11.9 Å². The summed E-state index contributed by atoms with van der Waals surface area (Å²) in [6.07, 6.45) is -1.15. The number of rotatable bonds is 5. The van der Waals surface area contributed by atoms with Crippen molar-refractivity contribution in [3.05, 3.63) is 42.2 Å². The predicted octanol–water partition coefficient (Wildman–Crippen LogP) is 3.97. The fourth-order valence-corrected chi connectivity index (χ4v) is 1.77. The minimum atomic E-state index is -4.68. The molecule has 1 heterocycles. The van der Waals surface area contributed by atoms with E-state index in [9.17, 15) is 13.2 Å². The van der Waals surface area contributed by atoms with Gasteiger partial charge < -0.3 is 10.1 Å². The topological polar surface area (TPSA) is 39.1 Å². The lowest BCUT2D eigenvalue weighted by Crippen LogP contribution is -2.17. The first-order valence-corrected chi connectivity index (χ1v) is 6.46. The highest BCUT2D eigenvalue weighted by Crippen LogP contribution is 2.23. The number of aromatic nitrogens is 2. The van der Waals surface area contributed by atoms with Crippen LogP contribution in [-0.4, -0.2) is 16.1 Å². The van der Waals surface area contributed by atoms with Crippen molar-refractivity contribution < 1.29 is 17.9 Å². The van der Waals surface area contributed by atoms with E-state index in [1.807, 2.05) is 20.0 Å².